The molecule has 268 valence electrons. The predicted octanol–water partition coefficient (Wildman–Crippen LogP) is 14.6. The molecule has 2 heteroatoms. The lowest BCUT2D eigenvalue weighted by Crippen LogP contribution is -2.26. The maximum Gasteiger partial charge on any atom is 0.0725 e. The summed E-state index contributed by atoms with van der Waals surface area (Å²) in [5, 5.41) is 0. The van der Waals surface area contributed by atoms with Crippen LogP contribution in [-0.2, 0) is 5.41 Å². The van der Waals surface area contributed by atoms with Gasteiger partial charge in [-0.3, -0.25) is 0 Å². The SMILES string of the molecule is [2H]c1c([2H])c([2H])c(N(c2ccccc2)c2ccc3c(c2)-c2ccccc2C32c3ccccc3-c3cc(N(c4ccccc4)c4ccc(-c5ccccc5)cc4)ccc32)c([2H])c1[2H]. The maximum absolute atomic E-state index is 9.01. The smallest absolute Gasteiger partial charge is 0.0725 e. The van der Waals surface area contributed by atoms with E-state index >= 15 is 0 Å². The average molecular weight is 732 g/mol. The number of fused-ring (bicyclic) bond motifs is 10. The van der Waals surface area contributed by atoms with Crippen LogP contribution >= 0.6 is 0 Å². The van der Waals surface area contributed by atoms with Crippen molar-refractivity contribution in [1.82, 2.24) is 0 Å². The molecule has 0 radical (unpaired) electrons. The molecule has 0 N–H and O–H groups in total. The van der Waals surface area contributed by atoms with Crippen molar-refractivity contribution < 1.29 is 6.85 Å². The minimum absolute atomic E-state index is 0.102. The molecule has 9 aromatic rings. The normalized spacial score (nSPS) is 15.6. The molecule has 1 unspecified atom stereocenters. The van der Waals surface area contributed by atoms with Crippen LogP contribution in [0.5, 0.6) is 0 Å². The molecular formula is C55H38N2. The molecule has 0 aromatic heterocycles. The first-order valence-corrected chi connectivity index (χ1v) is 19.3. The molecule has 0 amide bonds. The largest absolute Gasteiger partial charge is 0.310 e. The molecule has 11 rings (SSSR count). The third kappa shape index (κ3) is 5.18. The summed E-state index contributed by atoms with van der Waals surface area (Å²) < 4.78 is 43.5. The van der Waals surface area contributed by atoms with Crippen molar-refractivity contribution in [3.63, 3.8) is 0 Å². The molecule has 0 saturated heterocycles. The summed E-state index contributed by atoms with van der Waals surface area (Å²) in [6.07, 6.45) is 0. The van der Waals surface area contributed by atoms with Gasteiger partial charge in [-0.2, -0.15) is 0 Å². The van der Waals surface area contributed by atoms with Crippen LogP contribution in [-0.4, -0.2) is 0 Å². The molecule has 2 aliphatic carbocycles. The highest BCUT2D eigenvalue weighted by Gasteiger charge is 2.51. The Hall–Kier alpha value is -7.42. The standard InChI is InChI=1S/C55H38N2/c1-5-17-39(18-6-1)40-29-31-44(32-30-40)57(43-23-11-4-12-24-43)46-34-36-54-50(38-46)48-26-14-16-28-52(48)55(54)51-27-15-13-25-47(51)49-37-45(33-35-53(49)55)56(41-19-7-2-8-20-41)42-21-9-3-10-22-42/h1-38H/i2D,7D,8D,19D,20D. The van der Waals surface area contributed by atoms with Gasteiger partial charge in [0.15, 0.2) is 0 Å². The minimum atomic E-state index is -0.627. The van der Waals surface area contributed by atoms with Crippen LogP contribution in [0.25, 0.3) is 33.4 Å². The second-order valence-electron chi connectivity index (χ2n) is 14.5. The van der Waals surface area contributed by atoms with Gasteiger partial charge >= 0.3 is 0 Å². The summed E-state index contributed by atoms with van der Waals surface area (Å²) in [5.74, 6) is 0. The Bertz CT molecular complexity index is 3160. The number of anilines is 6. The van der Waals surface area contributed by atoms with E-state index in [1.54, 1.807) is 4.90 Å². The van der Waals surface area contributed by atoms with Crippen LogP contribution in [0.4, 0.5) is 34.1 Å². The molecule has 1 atom stereocenters. The number of benzene rings is 9. The van der Waals surface area contributed by atoms with Crippen LogP contribution in [0.2, 0.25) is 0 Å². The highest BCUT2D eigenvalue weighted by molar-refractivity contribution is 5.97. The number of rotatable bonds is 7. The van der Waals surface area contributed by atoms with Crippen molar-refractivity contribution in [2.45, 2.75) is 5.41 Å². The fourth-order valence-corrected chi connectivity index (χ4v) is 9.20. The zero-order chi connectivity index (χ0) is 42.1. The van der Waals surface area contributed by atoms with E-state index in [4.69, 9.17) is 6.85 Å². The van der Waals surface area contributed by atoms with E-state index in [-0.39, 0.29) is 29.9 Å². The van der Waals surface area contributed by atoms with Gasteiger partial charge in [0, 0.05) is 34.1 Å². The summed E-state index contributed by atoms with van der Waals surface area (Å²) >= 11 is 0. The van der Waals surface area contributed by atoms with Gasteiger partial charge in [0.05, 0.1) is 12.3 Å². The zero-order valence-corrected chi connectivity index (χ0v) is 30.9. The van der Waals surface area contributed by atoms with E-state index in [0.717, 1.165) is 44.9 Å². The van der Waals surface area contributed by atoms with Gasteiger partial charge in [0.1, 0.15) is 0 Å². The predicted molar refractivity (Wildman–Crippen MR) is 238 cm³/mol. The summed E-state index contributed by atoms with van der Waals surface area (Å²) in [7, 11) is 0. The second kappa shape index (κ2) is 13.4. The van der Waals surface area contributed by atoms with Gasteiger partial charge in [0.2, 0.25) is 0 Å². The minimum Gasteiger partial charge on any atom is -0.310 e. The molecule has 9 aromatic carbocycles. The van der Waals surface area contributed by atoms with Crippen molar-refractivity contribution in [2.75, 3.05) is 9.80 Å². The fraction of sp³-hybridized carbons (Fsp3) is 0.0182. The molecule has 0 aliphatic heterocycles. The molecule has 0 bridgehead atoms. The molecule has 0 heterocycles. The first kappa shape index (κ1) is 28.1. The van der Waals surface area contributed by atoms with Crippen molar-refractivity contribution in [3.8, 4) is 33.4 Å². The Kier molecular flexibility index (Phi) is 6.60. The van der Waals surface area contributed by atoms with Crippen molar-refractivity contribution in [3.05, 3.63) is 253 Å². The van der Waals surface area contributed by atoms with Crippen LogP contribution in [0.3, 0.4) is 0 Å². The molecule has 0 fully saturated rings. The Morgan fingerprint density at radius 3 is 1.21 bits per heavy atom. The third-order valence-corrected chi connectivity index (χ3v) is 11.5. The van der Waals surface area contributed by atoms with Crippen molar-refractivity contribution >= 4 is 34.1 Å². The van der Waals surface area contributed by atoms with Gasteiger partial charge in [-0.05, 0) is 128 Å². The molecule has 2 nitrogen and oxygen atoms in total. The van der Waals surface area contributed by atoms with Gasteiger partial charge in [-0.25, -0.2) is 0 Å². The van der Waals surface area contributed by atoms with Crippen LogP contribution < -0.4 is 9.80 Å². The molecule has 0 saturated carbocycles. The quantitative estimate of drug-likeness (QED) is 0.161. The second-order valence-corrected chi connectivity index (χ2v) is 14.5. The highest BCUT2D eigenvalue weighted by atomic mass is 15.1. The van der Waals surface area contributed by atoms with Crippen molar-refractivity contribution in [2.24, 2.45) is 0 Å². The Morgan fingerprint density at radius 1 is 0.298 bits per heavy atom. The zero-order valence-electron chi connectivity index (χ0n) is 35.9. The van der Waals surface area contributed by atoms with Crippen LogP contribution in [0.1, 0.15) is 29.1 Å². The van der Waals surface area contributed by atoms with E-state index in [1.165, 1.54) is 27.8 Å². The lowest BCUT2D eigenvalue weighted by Gasteiger charge is -2.32. The average Bonchev–Trinajstić information content (AvgIpc) is 3.79. The van der Waals surface area contributed by atoms with E-state index in [2.05, 4.69) is 157 Å². The topological polar surface area (TPSA) is 6.48 Å². The van der Waals surface area contributed by atoms with E-state index in [0.29, 0.717) is 11.4 Å². The van der Waals surface area contributed by atoms with E-state index in [9.17, 15) is 0 Å². The summed E-state index contributed by atoms with van der Waals surface area (Å²) in [6, 6.07) is 68.1. The summed E-state index contributed by atoms with van der Waals surface area (Å²) in [6.45, 7) is 0. The molecule has 2 aliphatic rings. The fourth-order valence-electron chi connectivity index (χ4n) is 9.20. The van der Waals surface area contributed by atoms with Gasteiger partial charge in [0.25, 0.3) is 0 Å². The van der Waals surface area contributed by atoms with Gasteiger partial charge in [-0.1, -0.05) is 158 Å². The van der Waals surface area contributed by atoms with Gasteiger partial charge in [-0.15, -0.1) is 0 Å². The Balaban J connectivity index is 1.10. The summed E-state index contributed by atoms with van der Waals surface area (Å²) in [4.78, 5) is 4.12. The first-order chi connectivity index (χ1) is 30.4. The maximum atomic E-state index is 9.01. The first-order valence-electron chi connectivity index (χ1n) is 21.8. The third-order valence-electron chi connectivity index (χ3n) is 11.5. The van der Waals surface area contributed by atoms with E-state index < -0.39 is 11.5 Å². The Morgan fingerprint density at radius 2 is 0.684 bits per heavy atom. The molecular weight excluding hydrogens is 689 g/mol. The summed E-state index contributed by atoms with van der Waals surface area (Å²) in [5.41, 5.74) is 15.5. The van der Waals surface area contributed by atoms with Crippen LogP contribution in [0.15, 0.2) is 230 Å². The number of hydrogen-bond acceptors (Lipinski definition) is 2. The van der Waals surface area contributed by atoms with Crippen LogP contribution in [0, 0.1) is 0 Å². The lowest BCUT2D eigenvalue weighted by molar-refractivity contribution is 0.793. The molecule has 1 spiro atoms. The molecule has 57 heavy (non-hydrogen) atoms. The van der Waals surface area contributed by atoms with E-state index in [1.807, 2.05) is 48.5 Å². The number of hydrogen-bond donors (Lipinski definition) is 0. The van der Waals surface area contributed by atoms with Crippen molar-refractivity contribution in [1.29, 1.82) is 0 Å². The Labute approximate surface area is 341 Å². The highest BCUT2D eigenvalue weighted by Crippen LogP contribution is 2.63. The number of nitrogens with zero attached hydrogens (tertiary/aromatic N) is 2. The van der Waals surface area contributed by atoms with Gasteiger partial charge < -0.3 is 9.80 Å². The lowest BCUT2D eigenvalue weighted by atomic mass is 9.70. The monoisotopic (exact) mass is 731 g/mol. The number of para-hydroxylation sites is 3.